The molecule has 1 N–H and O–H groups in total. The van der Waals surface area contributed by atoms with E-state index in [0.717, 1.165) is 49.1 Å². The summed E-state index contributed by atoms with van der Waals surface area (Å²) in [5.41, 5.74) is 3.51. The molecule has 0 saturated heterocycles. The van der Waals surface area contributed by atoms with Crippen molar-refractivity contribution in [1.82, 2.24) is 15.3 Å². The van der Waals surface area contributed by atoms with E-state index in [1.807, 2.05) is 0 Å². The van der Waals surface area contributed by atoms with Crippen LogP contribution in [0.3, 0.4) is 0 Å². The standard InChI is InChI=1S/C16H27N3O/c1-5-15(20-4)16-18-11(2)14(12(3)19-16)7-6-10-17-13-8-9-13/h13,15,17H,5-10H2,1-4H3. The van der Waals surface area contributed by atoms with E-state index in [9.17, 15) is 0 Å². The second-order valence-corrected chi connectivity index (χ2v) is 5.70. The number of aryl methyl sites for hydroxylation is 2. The SMILES string of the molecule is CCC(OC)c1nc(C)c(CCCNC2CC2)c(C)n1. The van der Waals surface area contributed by atoms with Gasteiger partial charge < -0.3 is 10.1 Å². The summed E-state index contributed by atoms with van der Waals surface area (Å²) in [4.78, 5) is 9.29. The Bertz CT molecular complexity index is 416. The number of ether oxygens (including phenoxy) is 1. The van der Waals surface area contributed by atoms with Crippen molar-refractivity contribution >= 4 is 0 Å². The summed E-state index contributed by atoms with van der Waals surface area (Å²) in [6.45, 7) is 7.37. The number of nitrogens with one attached hydrogen (secondary N) is 1. The van der Waals surface area contributed by atoms with E-state index in [-0.39, 0.29) is 6.10 Å². The summed E-state index contributed by atoms with van der Waals surface area (Å²) in [6, 6.07) is 0.794. The number of rotatable bonds is 8. The molecule has 112 valence electrons. The highest BCUT2D eigenvalue weighted by molar-refractivity contribution is 5.25. The quantitative estimate of drug-likeness (QED) is 0.742. The van der Waals surface area contributed by atoms with E-state index < -0.39 is 0 Å². The van der Waals surface area contributed by atoms with Gasteiger partial charge in [-0.1, -0.05) is 6.92 Å². The zero-order valence-corrected chi connectivity index (χ0v) is 13.2. The van der Waals surface area contributed by atoms with Crippen molar-refractivity contribution in [2.45, 2.75) is 65.0 Å². The van der Waals surface area contributed by atoms with Crippen LogP contribution in [0.25, 0.3) is 0 Å². The van der Waals surface area contributed by atoms with Gasteiger partial charge >= 0.3 is 0 Å². The predicted octanol–water partition coefficient (Wildman–Crippen LogP) is 2.88. The van der Waals surface area contributed by atoms with Crippen molar-refractivity contribution in [2.24, 2.45) is 0 Å². The first-order valence-corrected chi connectivity index (χ1v) is 7.75. The number of nitrogens with zero attached hydrogens (tertiary/aromatic N) is 2. The van der Waals surface area contributed by atoms with Gasteiger partial charge in [0.1, 0.15) is 6.10 Å². The maximum atomic E-state index is 5.43. The topological polar surface area (TPSA) is 47.0 Å². The van der Waals surface area contributed by atoms with Gasteiger partial charge in [-0.15, -0.1) is 0 Å². The molecule has 1 aliphatic carbocycles. The van der Waals surface area contributed by atoms with Crippen molar-refractivity contribution in [3.8, 4) is 0 Å². The highest BCUT2D eigenvalue weighted by Crippen LogP contribution is 2.21. The lowest BCUT2D eigenvalue weighted by Crippen LogP contribution is -2.18. The smallest absolute Gasteiger partial charge is 0.157 e. The molecule has 2 rings (SSSR count). The zero-order valence-electron chi connectivity index (χ0n) is 13.2. The molecule has 0 radical (unpaired) electrons. The molecule has 1 aromatic heterocycles. The van der Waals surface area contributed by atoms with Gasteiger partial charge in [0.2, 0.25) is 0 Å². The second-order valence-electron chi connectivity index (χ2n) is 5.70. The monoisotopic (exact) mass is 277 g/mol. The normalized spacial score (nSPS) is 16.4. The lowest BCUT2D eigenvalue weighted by atomic mass is 10.1. The van der Waals surface area contributed by atoms with Gasteiger partial charge in [-0.25, -0.2) is 9.97 Å². The highest BCUT2D eigenvalue weighted by atomic mass is 16.5. The van der Waals surface area contributed by atoms with Gasteiger partial charge in [-0.05, 0) is 58.1 Å². The second kappa shape index (κ2) is 7.14. The van der Waals surface area contributed by atoms with E-state index in [4.69, 9.17) is 4.74 Å². The van der Waals surface area contributed by atoms with Crippen molar-refractivity contribution in [3.05, 3.63) is 22.8 Å². The molecule has 0 bridgehead atoms. The molecule has 1 aliphatic rings. The summed E-state index contributed by atoms with van der Waals surface area (Å²) in [7, 11) is 1.72. The van der Waals surface area contributed by atoms with Crippen LogP contribution in [0.2, 0.25) is 0 Å². The molecule has 1 atom stereocenters. The lowest BCUT2D eigenvalue weighted by molar-refractivity contribution is 0.0922. The van der Waals surface area contributed by atoms with Crippen LogP contribution in [-0.4, -0.2) is 29.7 Å². The van der Waals surface area contributed by atoms with Crippen LogP contribution in [0, 0.1) is 13.8 Å². The van der Waals surface area contributed by atoms with E-state index in [2.05, 4.69) is 36.1 Å². The highest BCUT2D eigenvalue weighted by Gasteiger charge is 2.20. The van der Waals surface area contributed by atoms with Crippen LogP contribution >= 0.6 is 0 Å². The van der Waals surface area contributed by atoms with Gasteiger partial charge in [-0.2, -0.15) is 0 Å². The Kier molecular flexibility index (Phi) is 5.49. The number of methoxy groups -OCH3 is 1. The minimum absolute atomic E-state index is 0.0120. The van der Waals surface area contributed by atoms with E-state index >= 15 is 0 Å². The molecule has 0 aliphatic heterocycles. The fourth-order valence-electron chi connectivity index (χ4n) is 2.58. The fraction of sp³-hybridized carbons (Fsp3) is 0.750. The Labute approximate surface area is 122 Å². The first kappa shape index (κ1) is 15.4. The van der Waals surface area contributed by atoms with Crippen LogP contribution in [0.1, 0.15) is 61.5 Å². The Balaban J connectivity index is 1.97. The average molecular weight is 277 g/mol. The summed E-state index contributed by atoms with van der Waals surface area (Å²) < 4.78 is 5.43. The van der Waals surface area contributed by atoms with Gasteiger partial charge in [0.15, 0.2) is 5.82 Å². The van der Waals surface area contributed by atoms with Crippen LogP contribution in [0.5, 0.6) is 0 Å². The summed E-state index contributed by atoms with van der Waals surface area (Å²) in [5.74, 6) is 0.824. The molecular weight excluding hydrogens is 250 g/mol. The molecule has 1 fully saturated rings. The van der Waals surface area contributed by atoms with Gasteiger partial charge in [0.25, 0.3) is 0 Å². The van der Waals surface area contributed by atoms with Crippen LogP contribution in [0.15, 0.2) is 0 Å². The average Bonchev–Trinajstić information content (AvgIpc) is 3.22. The Morgan fingerprint density at radius 2 is 1.90 bits per heavy atom. The third-order valence-corrected chi connectivity index (χ3v) is 4.00. The van der Waals surface area contributed by atoms with Gasteiger partial charge in [0.05, 0.1) is 0 Å². The fourth-order valence-corrected chi connectivity index (χ4v) is 2.58. The predicted molar refractivity (Wildman–Crippen MR) is 80.9 cm³/mol. The lowest BCUT2D eigenvalue weighted by Gasteiger charge is -2.16. The van der Waals surface area contributed by atoms with Crippen LogP contribution in [0.4, 0.5) is 0 Å². The molecule has 20 heavy (non-hydrogen) atoms. The first-order chi connectivity index (χ1) is 9.65. The maximum absolute atomic E-state index is 5.43. The van der Waals surface area contributed by atoms with Gasteiger partial charge in [-0.3, -0.25) is 0 Å². The van der Waals surface area contributed by atoms with Crippen LogP contribution in [-0.2, 0) is 11.2 Å². The van der Waals surface area contributed by atoms with Crippen molar-refractivity contribution < 1.29 is 4.74 Å². The largest absolute Gasteiger partial charge is 0.373 e. The molecule has 1 unspecified atom stereocenters. The number of hydrogen-bond acceptors (Lipinski definition) is 4. The molecule has 0 aromatic carbocycles. The van der Waals surface area contributed by atoms with Gasteiger partial charge in [0, 0.05) is 24.5 Å². The molecular formula is C16H27N3O. The summed E-state index contributed by atoms with van der Waals surface area (Å²) in [5, 5.41) is 3.55. The molecule has 1 heterocycles. The zero-order chi connectivity index (χ0) is 14.5. The number of aromatic nitrogens is 2. The third-order valence-electron chi connectivity index (χ3n) is 4.00. The Hall–Kier alpha value is -1.00. The molecule has 1 aromatic rings. The van der Waals surface area contributed by atoms with Crippen molar-refractivity contribution in [2.75, 3.05) is 13.7 Å². The van der Waals surface area contributed by atoms with E-state index in [1.165, 1.54) is 18.4 Å². The van der Waals surface area contributed by atoms with Crippen LogP contribution < -0.4 is 5.32 Å². The molecule has 4 heteroatoms. The summed E-state index contributed by atoms with van der Waals surface area (Å²) in [6.07, 6.45) is 5.83. The summed E-state index contributed by atoms with van der Waals surface area (Å²) >= 11 is 0. The van der Waals surface area contributed by atoms with E-state index in [1.54, 1.807) is 7.11 Å². The maximum Gasteiger partial charge on any atom is 0.157 e. The van der Waals surface area contributed by atoms with Crippen molar-refractivity contribution in [1.29, 1.82) is 0 Å². The number of hydrogen-bond donors (Lipinski definition) is 1. The molecule has 1 saturated carbocycles. The van der Waals surface area contributed by atoms with Crippen molar-refractivity contribution in [3.63, 3.8) is 0 Å². The minimum atomic E-state index is 0.0120. The van der Waals surface area contributed by atoms with E-state index in [0.29, 0.717) is 0 Å². The molecule has 0 amide bonds. The third kappa shape index (κ3) is 4.00. The first-order valence-electron chi connectivity index (χ1n) is 7.75. The minimum Gasteiger partial charge on any atom is -0.373 e. The Morgan fingerprint density at radius 3 is 2.40 bits per heavy atom. The molecule has 4 nitrogen and oxygen atoms in total. The molecule has 0 spiro atoms. The Morgan fingerprint density at radius 1 is 1.25 bits per heavy atom.